The maximum absolute atomic E-state index is 9.49. The number of rotatable bonds is 8. The van der Waals surface area contributed by atoms with Crippen LogP contribution in [0.15, 0.2) is 30.9 Å². The molecule has 100 valence electrons. The summed E-state index contributed by atoms with van der Waals surface area (Å²) in [5.41, 5.74) is 2.02. The molecule has 0 unspecified atom stereocenters. The van der Waals surface area contributed by atoms with Gasteiger partial charge in [0, 0.05) is 0 Å². The number of aryl methyl sites for hydroxylation is 1. The van der Waals surface area contributed by atoms with Gasteiger partial charge in [-0.3, -0.25) is 0 Å². The molecule has 0 aliphatic heterocycles. The fourth-order valence-corrected chi connectivity index (χ4v) is 1.84. The van der Waals surface area contributed by atoms with Crippen molar-refractivity contribution in [3.8, 4) is 5.75 Å². The Morgan fingerprint density at radius 2 is 2.11 bits per heavy atom. The van der Waals surface area contributed by atoms with Crippen molar-refractivity contribution in [1.82, 2.24) is 0 Å². The first-order valence-corrected chi connectivity index (χ1v) is 6.67. The van der Waals surface area contributed by atoms with Crippen LogP contribution in [0.2, 0.25) is 0 Å². The van der Waals surface area contributed by atoms with Gasteiger partial charge in [0.2, 0.25) is 0 Å². The second-order valence-corrected chi connectivity index (χ2v) is 4.69. The monoisotopic (exact) mass is 248 g/mol. The Hall–Kier alpha value is -1.28. The van der Waals surface area contributed by atoms with Crippen LogP contribution in [0, 0.1) is 6.92 Å². The number of aliphatic hydroxyl groups excluding tert-OH is 1. The smallest absolute Gasteiger partial charge is 0.122 e. The molecule has 0 aliphatic carbocycles. The van der Waals surface area contributed by atoms with E-state index < -0.39 is 6.10 Å². The predicted octanol–water partition coefficient (Wildman–Crippen LogP) is 4.17. The first-order chi connectivity index (χ1) is 8.65. The molecule has 1 atom stereocenters. The molecule has 0 saturated heterocycles. The molecule has 1 rings (SSSR count). The number of allylic oxidation sites excluding steroid dienone is 1. The summed E-state index contributed by atoms with van der Waals surface area (Å²) in [4.78, 5) is 0. The zero-order valence-corrected chi connectivity index (χ0v) is 11.5. The third-order valence-electron chi connectivity index (χ3n) is 2.99. The Kier molecular flexibility index (Phi) is 6.51. The van der Waals surface area contributed by atoms with Crippen LogP contribution in [0.3, 0.4) is 0 Å². The van der Waals surface area contributed by atoms with Gasteiger partial charge in [0.1, 0.15) is 5.75 Å². The molecule has 0 amide bonds. The minimum Gasteiger partial charge on any atom is -0.493 e. The van der Waals surface area contributed by atoms with Crippen molar-refractivity contribution in [1.29, 1.82) is 0 Å². The quantitative estimate of drug-likeness (QED) is 0.552. The molecule has 0 heterocycles. The second kappa shape index (κ2) is 7.93. The Morgan fingerprint density at radius 3 is 2.72 bits per heavy atom. The van der Waals surface area contributed by atoms with Gasteiger partial charge in [0.05, 0.1) is 12.7 Å². The normalized spacial score (nSPS) is 12.2. The zero-order valence-electron chi connectivity index (χ0n) is 11.5. The largest absolute Gasteiger partial charge is 0.493 e. The van der Waals surface area contributed by atoms with Crippen LogP contribution in [-0.4, -0.2) is 11.7 Å². The SMILES string of the molecule is C=CCCCCCOc1ccc([C@H](C)O)cc1C. The van der Waals surface area contributed by atoms with Crippen LogP contribution < -0.4 is 4.74 Å². The minimum absolute atomic E-state index is 0.420. The van der Waals surface area contributed by atoms with E-state index in [4.69, 9.17) is 4.74 Å². The highest BCUT2D eigenvalue weighted by atomic mass is 16.5. The van der Waals surface area contributed by atoms with E-state index in [0.717, 1.165) is 36.3 Å². The summed E-state index contributed by atoms with van der Waals surface area (Å²) in [6.45, 7) is 8.25. The topological polar surface area (TPSA) is 29.5 Å². The van der Waals surface area contributed by atoms with Gasteiger partial charge in [0.15, 0.2) is 0 Å². The van der Waals surface area contributed by atoms with Gasteiger partial charge in [-0.15, -0.1) is 6.58 Å². The van der Waals surface area contributed by atoms with Crippen LogP contribution in [0.4, 0.5) is 0 Å². The van der Waals surface area contributed by atoms with Crippen LogP contribution >= 0.6 is 0 Å². The third-order valence-corrected chi connectivity index (χ3v) is 2.99. The molecule has 0 radical (unpaired) electrons. The third kappa shape index (κ3) is 4.92. The van der Waals surface area contributed by atoms with E-state index in [2.05, 4.69) is 6.58 Å². The fourth-order valence-electron chi connectivity index (χ4n) is 1.84. The van der Waals surface area contributed by atoms with Crippen LogP contribution in [0.5, 0.6) is 5.75 Å². The van der Waals surface area contributed by atoms with Crippen LogP contribution in [-0.2, 0) is 0 Å². The van der Waals surface area contributed by atoms with E-state index in [1.807, 2.05) is 31.2 Å². The Balaban J connectivity index is 2.36. The lowest BCUT2D eigenvalue weighted by atomic mass is 10.1. The number of aliphatic hydroxyl groups is 1. The highest BCUT2D eigenvalue weighted by molar-refractivity contribution is 5.36. The highest BCUT2D eigenvalue weighted by Gasteiger charge is 2.04. The van der Waals surface area contributed by atoms with Crippen molar-refractivity contribution in [2.75, 3.05) is 6.61 Å². The minimum atomic E-state index is -0.420. The maximum Gasteiger partial charge on any atom is 0.122 e. The van der Waals surface area contributed by atoms with Gasteiger partial charge >= 0.3 is 0 Å². The molecule has 1 N–H and O–H groups in total. The van der Waals surface area contributed by atoms with Crippen molar-refractivity contribution < 1.29 is 9.84 Å². The molecule has 1 aromatic rings. The van der Waals surface area contributed by atoms with Crippen molar-refractivity contribution in [3.05, 3.63) is 42.0 Å². The number of ether oxygens (including phenoxy) is 1. The number of hydrogen-bond donors (Lipinski definition) is 1. The van der Waals surface area contributed by atoms with Crippen molar-refractivity contribution in [2.45, 2.75) is 45.6 Å². The summed E-state index contributed by atoms with van der Waals surface area (Å²) in [7, 11) is 0. The van der Waals surface area contributed by atoms with Gasteiger partial charge in [-0.2, -0.15) is 0 Å². The van der Waals surface area contributed by atoms with E-state index in [-0.39, 0.29) is 0 Å². The molecule has 18 heavy (non-hydrogen) atoms. The molecular weight excluding hydrogens is 224 g/mol. The lowest BCUT2D eigenvalue weighted by molar-refractivity contribution is 0.199. The Labute approximate surface area is 110 Å². The van der Waals surface area contributed by atoms with Crippen molar-refractivity contribution >= 4 is 0 Å². The summed E-state index contributed by atoms with van der Waals surface area (Å²) in [6, 6.07) is 5.85. The van der Waals surface area contributed by atoms with Gasteiger partial charge in [-0.25, -0.2) is 0 Å². The first kappa shape index (κ1) is 14.8. The van der Waals surface area contributed by atoms with E-state index in [1.165, 1.54) is 12.8 Å². The predicted molar refractivity (Wildman–Crippen MR) is 76.0 cm³/mol. The van der Waals surface area contributed by atoms with Gasteiger partial charge in [-0.05, 0) is 62.8 Å². The summed E-state index contributed by atoms with van der Waals surface area (Å²) in [5.74, 6) is 0.920. The number of hydrogen-bond acceptors (Lipinski definition) is 2. The molecule has 1 aromatic carbocycles. The fraction of sp³-hybridized carbons (Fsp3) is 0.500. The lowest BCUT2D eigenvalue weighted by Gasteiger charge is -2.11. The molecule has 0 saturated carbocycles. The van der Waals surface area contributed by atoms with Crippen LogP contribution in [0.25, 0.3) is 0 Å². The number of unbranched alkanes of at least 4 members (excludes halogenated alkanes) is 3. The van der Waals surface area contributed by atoms with Crippen molar-refractivity contribution in [3.63, 3.8) is 0 Å². The molecule has 2 nitrogen and oxygen atoms in total. The molecule has 2 heteroatoms. The summed E-state index contributed by atoms with van der Waals surface area (Å²) in [5, 5.41) is 9.49. The number of benzene rings is 1. The summed E-state index contributed by atoms with van der Waals surface area (Å²) in [6.07, 6.45) is 6.06. The highest BCUT2D eigenvalue weighted by Crippen LogP contribution is 2.22. The summed E-state index contributed by atoms with van der Waals surface area (Å²) < 4.78 is 5.74. The molecule has 0 spiro atoms. The second-order valence-electron chi connectivity index (χ2n) is 4.69. The summed E-state index contributed by atoms with van der Waals surface area (Å²) >= 11 is 0. The van der Waals surface area contributed by atoms with E-state index >= 15 is 0 Å². The molecule has 0 bridgehead atoms. The average molecular weight is 248 g/mol. The first-order valence-electron chi connectivity index (χ1n) is 6.67. The zero-order chi connectivity index (χ0) is 13.4. The Morgan fingerprint density at radius 1 is 1.33 bits per heavy atom. The van der Waals surface area contributed by atoms with Gasteiger partial charge < -0.3 is 9.84 Å². The van der Waals surface area contributed by atoms with Crippen LogP contribution in [0.1, 0.15) is 49.8 Å². The molecule has 0 aliphatic rings. The average Bonchev–Trinajstić information content (AvgIpc) is 2.35. The maximum atomic E-state index is 9.49. The standard InChI is InChI=1S/C16H24O2/c1-4-5-6-7-8-11-18-16-10-9-15(14(3)17)12-13(16)2/h4,9-10,12,14,17H,1,5-8,11H2,2-3H3/t14-/m0/s1. The van der Waals surface area contributed by atoms with E-state index in [0.29, 0.717) is 0 Å². The lowest BCUT2D eigenvalue weighted by Crippen LogP contribution is -2.00. The Bertz CT molecular complexity index is 369. The van der Waals surface area contributed by atoms with Gasteiger partial charge in [0.25, 0.3) is 0 Å². The molecular formula is C16H24O2. The van der Waals surface area contributed by atoms with E-state index in [1.54, 1.807) is 6.92 Å². The van der Waals surface area contributed by atoms with E-state index in [9.17, 15) is 5.11 Å². The van der Waals surface area contributed by atoms with Crippen molar-refractivity contribution in [2.24, 2.45) is 0 Å². The molecule has 0 aromatic heterocycles. The molecule has 0 fully saturated rings. The van der Waals surface area contributed by atoms with Gasteiger partial charge in [-0.1, -0.05) is 12.1 Å².